The Labute approximate surface area is 315 Å². The van der Waals surface area contributed by atoms with Crippen LogP contribution >= 0.6 is 0 Å². The number of amides is 1. The van der Waals surface area contributed by atoms with Gasteiger partial charge in [-0.1, -0.05) is 66.7 Å². The number of methoxy groups -OCH3 is 2. The Hall–Kier alpha value is -6.42. The Kier molecular flexibility index (Phi) is 10.9. The van der Waals surface area contributed by atoms with Gasteiger partial charge in [0.15, 0.2) is 17.0 Å². The normalized spacial score (nSPS) is 16.8. The van der Waals surface area contributed by atoms with E-state index in [4.69, 9.17) is 23.7 Å². The second-order valence-corrected chi connectivity index (χ2v) is 12.7. The number of aliphatic hydroxyl groups is 1. The number of ether oxygens (including phenoxy) is 5. The van der Waals surface area contributed by atoms with Gasteiger partial charge in [-0.15, -0.1) is 0 Å². The molecule has 3 heterocycles. The third kappa shape index (κ3) is 7.80. The number of aromatic nitrogens is 4. The molecule has 4 aromatic carbocycles. The number of hydrogen-bond donors (Lipinski definition) is 2. The van der Waals surface area contributed by atoms with Crippen LogP contribution in [0, 0.1) is 10.1 Å². The van der Waals surface area contributed by atoms with E-state index in [0.717, 1.165) is 22.3 Å². The number of nitro groups is 1. The highest BCUT2D eigenvalue weighted by Gasteiger charge is 2.42. The number of nitrogens with one attached hydrogen (secondary N) is 1. The first kappa shape index (κ1) is 36.9. The van der Waals surface area contributed by atoms with E-state index >= 15 is 0 Å². The van der Waals surface area contributed by atoms with Crippen LogP contribution in [0.4, 0.5) is 16.3 Å². The number of nitro benzene ring substituents is 1. The molecule has 1 aliphatic rings. The Morgan fingerprint density at radius 2 is 1.55 bits per heavy atom. The summed E-state index contributed by atoms with van der Waals surface area (Å²) in [6.45, 7) is 0.0524. The second-order valence-electron chi connectivity index (χ2n) is 12.7. The first-order chi connectivity index (χ1) is 26.8. The zero-order valence-corrected chi connectivity index (χ0v) is 30.0. The predicted octanol–water partition coefficient (Wildman–Crippen LogP) is 6.20. The summed E-state index contributed by atoms with van der Waals surface area (Å²) in [6, 6.07) is 31.2. The summed E-state index contributed by atoms with van der Waals surface area (Å²) in [7, 11) is 3.23. The van der Waals surface area contributed by atoms with E-state index in [1.165, 1.54) is 24.8 Å². The average Bonchev–Trinajstić information content (AvgIpc) is 3.82. The molecule has 15 nitrogen and oxygen atoms in total. The van der Waals surface area contributed by atoms with Crippen LogP contribution in [0.3, 0.4) is 0 Å². The van der Waals surface area contributed by atoms with Crippen LogP contribution in [0.5, 0.6) is 11.5 Å². The minimum atomic E-state index is -1.10. The lowest BCUT2D eigenvalue weighted by Gasteiger charge is -2.37. The lowest BCUT2D eigenvalue weighted by Crippen LogP contribution is -2.38. The fourth-order valence-corrected chi connectivity index (χ4v) is 6.65. The van der Waals surface area contributed by atoms with Gasteiger partial charge in [0, 0.05) is 25.0 Å². The van der Waals surface area contributed by atoms with Crippen molar-refractivity contribution < 1.29 is 38.5 Å². The maximum absolute atomic E-state index is 12.7. The molecular formula is C40H38N6O9. The Morgan fingerprint density at radius 1 is 0.909 bits per heavy atom. The molecule has 0 aliphatic carbocycles. The van der Waals surface area contributed by atoms with E-state index in [0.29, 0.717) is 29.1 Å². The zero-order valence-electron chi connectivity index (χ0n) is 30.0. The van der Waals surface area contributed by atoms with Crippen molar-refractivity contribution in [2.24, 2.45) is 0 Å². The quantitative estimate of drug-likeness (QED) is 0.0733. The summed E-state index contributed by atoms with van der Waals surface area (Å²) in [5.41, 5.74) is 2.89. The van der Waals surface area contributed by atoms with Gasteiger partial charge in [-0.05, 0) is 46.5 Å². The monoisotopic (exact) mass is 746 g/mol. The van der Waals surface area contributed by atoms with Crippen LogP contribution in [-0.4, -0.2) is 75.3 Å². The topological polar surface area (TPSA) is 182 Å². The summed E-state index contributed by atoms with van der Waals surface area (Å²) in [4.78, 5) is 36.1. The van der Waals surface area contributed by atoms with E-state index in [-0.39, 0.29) is 31.1 Å². The van der Waals surface area contributed by atoms with Gasteiger partial charge in [0.1, 0.15) is 35.8 Å². The maximum atomic E-state index is 12.7. The second kappa shape index (κ2) is 16.3. The molecule has 2 aromatic heterocycles. The molecule has 0 radical (unpaired) electrons. The molecule has 1 fully saturated rings. The highest BCUT2D eigenvalue weighted by molar-refractivity contribution is 5.93. The minimum Gasteiger partial charge on any atom is -0.497 e. The first-order valence-corrected chi connectivity index (χ1v) is 17.5. The molecule has 15 heteroatoms. The summed E-state index contributed by atoms with van der Waals surface area (Å²) in [5, 5.41) is 24.8. The third-order valence-electron chi connectivity index (χ3n) is 9.50. The fraction of sp³-hybridized carbons (Fsp3) is 0.250. The Bertz CT molecular complexity index is 2190. The van der Waals surface area contributed by atoms with E-state index in [1.54, 1.807) is 30.9 Å². The SMILES string of the molecule is COc1ccc(C(OC[C@H]2O[C@@H](n3cnc4c(NC(=O)OCCc5ccc([N+](=O)[O-])cc5)ncnc43)C[C@@H]2O)(c2ccccc2)c2ccc(OC)cc2)cc1. The summed E-state index contributed by atoms with van der Waals surface area (Å²) < 4.78 is 31.3. The molecule has 0 spiro atoms. The van der Waals surface area contributed by atoms with Crippen LogP contribution < -0.4 is 14.8 Å². The van der Waals surface area contributed by atoms with E-state index in [2.05, 4.69) is 20.3 Å². The number of rotatable bonds is 14. The number of non-ortho nitro benzene ring substituents is 1. The van der Waals surface area contributed by atoms with Crippen molar-refractivity contribution >= 4 is 28.8 Å². The number of carbonyl (C=O) groups excluding carboxylic acids is 1. The molecule has 55 heavy (non-hydrogen) atoms. The molecule has 0 unspecified atom stereocenters. The summed E-state index contributed by atoms with van der Waals surface area (Å²) in [6.07, 6.45) is 0.360. The number of fused-ring (bicyclic) bond motifs is 1. The van der Waals surface area contributed by atoms with Crippen molar-refractivity contribution in [1.82, 2.24) is 19.5 Å². The minimum absolute atomic E-state index is 0.0180. The third-order valence-corrected chi connectivity index (χ3v) is 9.50. The van der Waals surface area contributed by atoms with Gasteiger partial charge in [-0.2, -0.15) is 0 Å². The lowest BCUT2D eigenvalue weighted by molar-refractivity contribution is -0.384. The number of carbonyl (C=O) groups is 1. The van der Waals surface area contributed by atoms with Gasteiger partial charge in [0.25, 0.3) is 5.69 Å². The number of nitrogens with zero attached hydrogens (tertiary/aromatic N) is 5. The fourth-order valence-electron chi connectivity index (χ4n) is 6.65. The Morgan fingerprint density at radius 3 is 2.16 bits per heavy atom. The molecule has 1 saturated heterocycles. The average molecular weight is 747 g/mol. The molecule has 1 amide bonds. The van der Waals surface area contributed by atoms with Crippen molar-refractivity contribution in [3.05, 3.63) is 148 Å². The molecule has 0 saturated carbocycles. The molecular weight excluding hydrogens is 708 g/mol. The van der Waals surface area contributed by atoms with Crippen molar-refractivity contribution in [2.45, 2.75) is 36.9 Å². The van der Waals surface area contributed by atoms with Gasteiger partial charge in [0.2, 0.25) is 0 Å². The standard InChI is InChI=1S/C40H38N6O9/c1-51-31-16-10-28(11-17-31)40(27-6-4-3-5-7-27,29-12-18-32(52-2)19-13-29)54-23-34-33(47)22-35(55-34)45-25-43-36-37(41-24-42-38(36)45)44-39(48)53-21-20-26-8-14-30(15-9-26)46(49)50/h3-19,24-25,33-35,47H,20-23H2,1-2H3,(H,41,42,44,48)/t33-,34+,35+/m0/s1. The maximum Gasteiger partial charge on any atom is 0.412 e. The largest absolute Gasteiger partial charge is 0.497 e. The molecule has 0 bridgehead atoms. The molecule has 2 N–H and O–H groups in total. The number of imidazole rings is 1. The Balaban J connectivity index is 1.08. The van der Waals surface area contributed by atoms with Gasteiger partial charge in [0.05, 0.1) is 44.8 Å². The van der Waals surface area contributed by atoms with Crippen LogP contribution in [-0.2, 0) is 26.2 Å². The van der Waals surface area contributed by atoms with Gasteiger partial charge in [-0.3, -0.25) is 20.0 Å². The molecule has 3 atom stereocenters. The predicted molar refractivity (Wildman–Crippen MR) is 200 cm³/mol. The van der Waals surface area contributed by atoms with E-state index in [9.17, 15) is 20.0 Å². The summed E-state index contributed by atoms with van der Waals surface area (Å²) in [5.74, 6) is 1.53. The molecule has 7 rings (SSSR count). The molecule has 6 aromatic rings. The first-order valence-electron chi connectivity index (χ1n) is 17.5. The highest BCUT2D eigenvalue weighted by atomic mass is 16.6. The number of benzene rings is 4. The van der Waals surface area contributed by atoms with Gasteiger partial charge >= 0.3 is 6.09 Å². The van der Waals surface area contributed by atoms with E-state index < -0.39 is 35.1 Å². The number of aliphatic hydroxyl groups excluding tert-OH is 1. The molecule has 1 aliphatic heterocycles. The molecule has 282 valence electrons. The smallest absolute Gasteiger partial charge is 0.412 e. The van der Waals surface area contributed by atoms with Crippen molar-refractivity contribution in [3.8, 4) is 11.5 Å². The van der Waals surface area contributed by atoms with Crippen LogP contribution in [0.1, 0.15) is 34.9 Å². The van der Waals surface area contributed by atoms with Crippen molar-refractivity contribution in [3.63, 3.8) is 0 Å². The number of anilines is 1. The van der Waals surface area contributed by atoms with Crippen LogP contribution in [0.25, 0.3) is 11.2 Å². The van der Waals surface area contributed by atoms with Gasteiger partial charge in [-0.25, -0.2) is 19.7 Å². The lowest BCUT2D eigenvalue weighted by atomic mass is 9.80. The van der Waals surface area contributed by atoms with Crippen molar-refractivity contribution in [2.75, 3.05) is 32.8 Å². The zero-order chi connectivity index (χ0) is 38.4. The van der Waals surface area contributed by atoms with Crippen LogP contribution in [0.15, 0.2) is 116 Å². The summed E-state index contributed by atoms with van der Waals surface area (Å²) >= 11 is 0. The highest BCUT2D eigenvalue weighted by Crippen LogP contribution is 2.43. The van der Waals surface area contributed by atoms with E-state index in [1.807, 2.05) is 78.9 Å². The number of hydrogen-bond acceptors (Lipinski definition) is 12. The van der Waals surface area contributed by atoms with Crippen LogP contribution in [0.2, 0.25) is 0 Å². The van der Waals surface area contributed by atoms with Gasteiger partial charge < -0.3 is 28.8 Å². The van der Waals surface area contributed by atoms with Crippen molar-refractivity contribution in [1.29, 1.82) is 0 Å².